The first kappa shape index (κ1) is 20.3. The number of methoxy groups -OCH3 is 2. The summed E-state index contributed by atoms with van der Waals surface area (Å²) in [6.45, 7) is 0.482. The van der Waals surface area contributed by atoms with Crippen LogP contribution in [0.25, 0.3) is 11.5 Å². The Morgan fingerprint density at radius 3 is 2.42 bits per heavy atom. The number of carbonyl (C=O) groups is 1. The lowest BCUT2D eigenvalue weighted by molar-refractivity contribution is 0.0954. The predicted molar refractivity (Wildman–Crippen MR) is 118 cm³/mol. The number of nitrogens with zero attached hydrogens (tertiary/aromatic N) is 3. The largest absolute Gasteiger partial charge is 0.493 e. The second-order valence-corrected chi connectivity index (χ2v) is 6.91. The van der Waals surface area contributed by atoms with Gasteiger partial charge in [0.15, 0.2) is 17.3 Å². The number of para-hydroxylation sites is 1. The number of hydrogen-bond acceptors (Lipinski definition) is 4. The maximum Gasteiger partial charge on any atom is 0.256 e. The summed E-state index contributed by atoms with van der Waals surface area (Å²) in [7, 11) is 3.21. The summed E-state index contributed by atoms with van der Waals surface area (Å²) in [5, 5.41) is 7.48. The van der Waals surface area contributed by atoms with Crippen LogP contribution >= 0.6 is 0 Å². The first-order valence-electron chi connectivity index (χ1n) is 9.97. The molecule has 0 spiro atoms. The van der Waals surface area contributed by atoms with Crippen molar-refractivity contribution in [1.29, 1.82) is 0 Å². The summed E-state index contributed by atoms with van der Waals surface area (Å²) >= 11 is 0. The molecule has 4 rings (SSSR count). The molecule has 0 fully saturated rings. The Hall–Kier alpha value is -4.00. The van der Waals surface area contributed by atoms with Crippen LogP contribution in [0.15, 0.2) is 79.3 Å². The summed E-state index contributed by atoms with van der Waals surface area (Å²) in [5.41, 5.74) is 2.44. The van der Waals surface area contributed by atoms with Gasteiger partial charge in [-0.05, 0) is 48.4 Å². The van der Waals surface area contributed by atoms with Gasteiger partial charge in [0.25, 0.3) is 5.91 Å². The van der Waals surface area contributed by atoms with Crippen molar-refractivity contribution < 1.29 is 14.3 Å². The van der Waals surface area contributed by atoms with E-state index in [0.717, 1.165) is 11.3 Å². The van der Waals surface area contributed by atoms with Crippen LogP contribution in [0.1, 0.15) is 15.9 Å². The number of ether oxygens (including phenoxy) is 2. The predicted octanol–water partition coefficient (Wildman–Crippen LogP) is 3.65. The van der Waals surface area contributed by atoms with Crippen molar-refractivity contribution in [2.45, 2.75) is 6.42 Å². The molecule has 7 nitrogen and oxygen atoms in total. The second kappa shape index (κ2) is 9.21. The summed E-state index contributed by atoms with van der Waals surface area (Å²) in [6, 6.07) is 19.3. The molecule has 0 saturated carbocycles. The Bertz CT molecular complexity index is 1150. The van der Waals surface area contributed by atoms with Gasteiger partial charge in [0.1, 0.15) is 5.56 Å². The van der Waals surface area contributed by atoms with Crippen molar-refractivity contribution in [3.63, 3.8) is 0 Å². The fourth-order valence-electron chi connectivity index (χ4n) is 3.44. The first-order chi connectivity index (χ1) is 15.2. The molecule has 0 saturated heterocycles. The SMILES string of the molecule is COc1ccc(CCNC(=O)c2cnn(-c3ccccc3)c2-n2cccc2)cc1OC. The molecular weight excluding hydrogens is 392 g/mol. The maximum atomic E-state index is 13.0. The summed E-state index contributed by atoms with van der Waals surface area (Å²) in [4.78, 5) is 13.0. The molecule has 4 aromatic rings. The van der Waals surface area contributed by atoms with Gasteiger partial charge < -0.3 is 19.4 Å². The Balaban J connectivity index is 1.52. The third-order valence-corrected chi connectivity index (χ3v) is 4.99. The van der Waals surface area contributed by atoms with Crippen LogP contribution in [0.5, 0.6) is 11.5 Å². The molecule has 2 aromatic heterocycles. The molecule has 7 heteroatoms. The van der Waals surface area contributed by atoms with Gasteiger partial charge in [-0.2, -0.15) is 5.10 Å². The number of nitrogens with one attached hydrogen (secondary N) is 1. The Morgan fingerprint density at radius 1 is 0.968 bits per heavy atom. The van der Waals surface area contributed by atoms with E-state index in [-0.39, 0.29) is 5.91 Å². The van der Waals surface area contributed by atoms with Gasteiger partial charge >= 0.3 is 0 Å². The van der Waals surface area contributed by atoms with Crippen LogP contribution in [-0.4, -0.2) is 41.0 Å². The van der Waals surface area contributed by atoms with Gasteiger partial charge in [-0.15, -0.1) is 0 Å². The number of hydrogen-bond donors (Lipinski definition) is 1. The van der Waals surface area contributed by atoms with E-state index in [4.69, 9.17) is 9.47 Å². The Kier molecular flexibility index (Phi) is 6.03. The molecule has 0 unspecified atom stereocenters. The van der Waals surface area contributed by atoms with Gasteiger partial charge in [-0.3, -0.25) is 4.79 Å². The van der Waals surface area contributed by atoms with Crippen LogP contribution < -0.4 is 14.8 Å². The molecule has 1 amide bonds. The highest BCUT2D eigenvalue weighted by molar-refractivity contribution is 5.97. The second-order valence-electron chi connectivity index (χ2n) is 6.91. The smallest absolute Gasteiger partial charge is 0.256 e. The average Bonchev–Trinajstić information content (AvgIpc) is 3.49. The van der Waals surface area contributed by atoms with Crippen LogP contribution in [-0.2, 0) is 6.42 Å². The molecule has 0 aliphatic carbocycles. The highest BCUT2D eigenvalue weighted by Crippen LogP contribution is 2.27. The molecule has 0 aliphatic rings. The monoisotopic (exact) mass is 416 g/mol. The normalized spacial score (nSPS) is 10.6. The minimum atomic E-state index is -0.175. The summed E-state index contributed by atoms with van der Waals surface area (Å²) in [6.07, 6.45) is 6.07. The van der Waals surface area contributed by atoms with Crippen molar-refractivity contribution in [2.24, 2.45) is 0 Å². The summed E-state index contributed by atoms with van der Waals surface area (Å²) < 4.78 is 14.3. The first-order valence-corrected chi connectivity index (χ1v) is 9.97. The van der Waals surface area contributed by atoms with E-state index in [2.05, 4.69) is 10.4 Å². The highest BCUT2D eigenvalue weighted by Gasteiger charge is 2.19. The standard InChI is InChI=1S/C24H24N4O3/c1-30-21-11-10-18(16-22(21)31-2)12-13-25-23(29)20-17-26-28(19-8-4-3-5-9-19)24(20)27-14-6-7-15-27/h3-11,14-17H,12-13H2,1-2H3,(H,25,29). The fraction of sp³-hybridized carbons (Fsp3) is 0.167. The zero-order chi connectivity index (χ0) is 21.6. The van der Waals surface area contributed by atoms with Gasteiger partial charge in [0, 0.05) is 18.9 Å². The molecule has 2 aromatic carbocycles. The lowest BCUT2D eigenvalue weighted by Gasteiger charge is -2.12. The van der Waals surface area contributed by atoms with Crippen molar-refractivity contribution in [1.82, 2.24) is 19.7 Å². The zero-order valence-corrected chi connectivity index (χ0v) is 17.5. The van der Waals surface area contributed by atoms with Gasteiger partial charge in [-0.1, -0.05) is 24.3 Å². The lowest BCUT2D eigenvalue weighted by Crippen LogP contribution is -2.26. The van der Waals surface area contributed by atoms with Crippen molar-refractivity contribution in [3.05, 3.63) is 90.4 Å². The molecule has 0 atom stereocenters. The number of rotatable bonds is 8. The molecule has 0 bridgehead atoms. The van der Waals surface area contributed by atoms with E-state index >= 15 is 0 Å². The molecule has 0 aliphatic heterocycles. The molecule has 2 heterocycles. The number of aromatic nitrogens is 3. The molecule has 0 radical (unpaired) electrons. The average molecular weight is 416 g/mol. The zero-order valence-electron chi connectivity index (χ0n) is 17.5. The van der Waals surface area contributed by atoms with E-state index < -0.39 is 0 Å². The quantitative estimate of drug-likeness (QED) is 0.476. The van der Waals surface area contributed by atoms with Crippen LogP contribution in [0.2, 0.25) is 0 Å². The number of amides is 1. The Morgan fingerprint density at radius 2 is 1.71 bits per heavy atom. The van der Waals surface area contributed by atoms with Gasteiger partial charge in [0.2, 0.25) is 0 Å². The van der Waals surface area contributed by atoms with Crippen LogP contribution in [0.4, 0.5) is 0 Å². The van der Waals surface area contributed by atoms with Gasteiger partial charge in [-0.25, -0.2) is 4.68 Å². The molecule has 1 N–H and O–H groups in total. The van der Waals surface area contributed by atoms with E-state index in [1.54, 1.807) is 25.1 Å². The van der Waals surface area contributed by atoms with Crippen molar-refractivity contribution in [3.8, 4) is 23.0 Å². The lowest BCUT2D eigenvalue weighted by atomic mass is 10.1. The van der Waals surface area contributed by atoms with E-state index in [1.165, 1.54) is 0 Å². The van der Waals surface area contributed by atoms with Crippen LogP contribution in [0.3, 0.4) is 0 Å². The van der Waals surface area contributed by atoms with E-state index in [1.807, 2.05) is 77.6 Å². The number of benzene rings is 2. The third-order valence-electron chi connectivity index (χ3n) is 4.99. The maximum absolute atomic E-state index is 13.0. The van der Waals surface area contributed by atoms with Crippen molar-refractivity contribution >= 4 is 5.91 Å². The summed E-state index contributed by atoms with van der Waals surface area (Å²) in [5.74, 6) is 1.87. The topological polar surface area (TPSA) is 70.3 Å². The van der Waals surface area contributed by atoms with E-state index in [9.17, 15) is 4.79 Å². The Labute approximate surface area is 180 Å². The molecule has 31 heavy (non-hydrogen) atoms. The molecular formula is C24H24N4O3. The van der Waals surface area contributed by atoms with Crippen LogP contribution in [0, 0.1) is 0 Å². The number of carbonyl (C=O) groups excluding carboxylic acids is 1. The van der Waals surface area contributed by atoms with E-state index in [0.29, 0.717) is 35.8 Å². The minimum Gasteiger partial charge on any atom is -0.493 e. The highest BCUT2D eigenvalue weighted by atomic mass is 16.5. The van der Waals surface area contributed by atoms with Crippen molar-refractivity contribution in [2.75, 3.05) is 20.8 Å². The van der Waals surface area contributed by atoms with Gasteiger partial charge in [0.05, 0.1) is 26.1 Å². The molecule has 158 valence electrons. The fourth-order valence-corrected chi connectivity index (χ4v) is 3.44. The minimum absolute atomic E-state index is 0.175. The third kappa shape index (κ3) is 4.30.